The van der Waals surface area contributed by atoms with Gasteiger partial charge in [-0.3, -0.25) is 14.6 Å². The van der Waals surface area contributed by atoms with Gasteiger partial charge in [-0.1, -0.05) is 11.2 Å². The first-order chi connectivity index (χ1) is 17.6. The Labute approximate surface area is 210 Å². The molecular formula is C27H25F3N6O. The number of nitrogens with zero attached hydrogens (tertiary/aromatic N) is 6. The van der Waals surface area contributed by atoms with Crippen LogP contribution in [-0.2, 0) is 13.2 Å². The molecule has 5 aromatic rings. The summed E-state index contributed by atoms with van der Waals surface area (Å²) in [5.41, 5.74) is 3.66. The van der Waals surface area contributed by atoms with Crippen molar-refractivity contribution in [3.63, 3.8) is 0 Å². The van der Waals surface area contributed by atoms with Crippen LogP contribution in [0.4, 0.5) is 13.2 Å². The van der Waals surface area contributed by atoms with Gasteiger partial charge < -0.3 is 9.09 Å². The fourth-order valence-corrected chi connectivity index (χ4v) is 5.26. The molecule has 5 aromatic heterocycles. The summed E-state index contributed by atoms with van der Waals surface area (Å²) in [5.74, 6) is 0.736. The molecule has 0 bridgehead atoms. The summed E-state index contributed by atoms with van der Waals surface area (Å²) in [7, 11) is 1.74. The van der Waals surface area contributed by atoms with E-state index in [9.17, 15) is 0 Å². The summed E-state index contributed by atoms with van der Waals surface area (Å²) >= 11 is 0. The Morgan fingerprint density at radius 3 is 2.51 bits per heavy atom. The number of pyridine rings is 2. The van der Waals surface area contributed by atoms with E-state index in [2.05, 4.69) is 20.2 Å². The van der Waals surface area contributed by atoms with Crippen LogP contribution in [0.5, 0.6) is 0 Å². The molecular weight excluding hydrogens is 481 g/mol. The average molecular weight is 507 g/mol. The Morgan fingerprint density at radius 1 is 1.11 bits per heavy atom. The van der Waals surface area contributed by atoms with E-state index >= 15 is 13.2 Å². The third-order valence-electron chi connectivity index (χ3n) is 7.03. The molecule has 10 heteroatoms. The van der Waals surface area contributed by atoms with Gasteiger partial charge in [0.25, 0.3) is 0 Å². The topological polar surface area (TPSA) is 74.6 Å². The van der Waals surface area contributed by atoms with E-state index in [1.54, 1.807) is 75.4 Å². The molecule has 0 saturated heterocycles. The van der Waals surface area contributed by atoms with Crippen molar-refractivity contribution in [2.45, 2.75) is 51.7 Å². The molecule has 1 aliphatic rings. The molecule has 0 N–H and O–H groups in total. The number of rotatable bonds is 5. The zero-order valence-electron chi connectivity index (χ0n) is 20.8. The summed E-state index contributed by atoms with van der Waals surface area (Å²) in [4.78, 5) is 9.03. The van der Waals surface area contributed by atoms with E-state index in [1.165, 1.54) is 4.57 Å². The summed E-state index contributed by atoms with van der Waals surface area (Å²) < 4.78 is 53.4. The van der Waals surface area contributed by atoms with Crippen molar-refractivity contribution in [3.8, 4) is 22.3 Å². The Hall–Kier alpha value is -3.95. The lowest BCUT2D eigenvalue weighted by molar-refractivity contribution is -0.143. The molecule has 1 fully saturated rings. The molecule has 1 saturated carbocycles. The van der Waals surface area contributed by atoms with E-state index in [1.807, 2.05) is 0 Å². The van der Waals surface area contributed by atoms with Crippen LogP contribution in [0.1, 0.15) is 60.3 Å². The summed E-state index contributed by atoms with van der Waals surface area (Å²) in [6.07, 6.45) is 2.04. The first-order valence-electron chi connectivity index (χ1n) is 12.1. The Kier molecular flexibility index (Phi) is 5.25. The van der Waals surface area contributed by atoms with Crippen LogP contribution in [0, 0.1) is 13.8 Å². The minimum absolute atomic E-state index is 0.0607. The predicted octanol–water partition coefficient (Wildman–Crippen LogP) is 6.61. The van der Waals surface area contributed by atoms with Crippen LogP contribution >= 0.6 is 0 Å². The zero-order valence-corrected chi connectivity index (χ0v) is 20.8. The minimum Gasteiger partial charge on any atom is -0.361 e. The van der Waals surface area contributed by atoms with Crippen LogP contribution in [0.15, 0.2) is 47.4 Å². The van der Waals surface area contributed by atoms with E-state index < -0.39 is 17.9 Å². The lowest BCUT2D eigenvalue weighted by atomic mass is 10.0. The number of aromatic nitrogens is 6. The number of hydrogen-bond donors (Lipinski definition) is 0. The second kappa shape index (κ2) is 8.29. The van der Waals surface area contributed by atoms with Crippen LogP contribution in [0.2, 0.25) is 0 Å². The third kappa shape index (κ3) is 3.82. The maximum atomic E-state index is 15.0. The van der Waals surface area contributed by atoms with Crippen LogP contribution < -0.4 is 0 Å². The zero-order chi connectivity index (χ0) is 26.1. The smallest absolute Gasteiger partial charge is 0.361 e. The van der Waals surface area contributed by atoms with Crippen molar-refractivity contribution in [1.82, 2.24) is 29.5 Å². The van der Waals surface area contributed by atoms with Crippen LogP contribution in [0.3, 0.4) is 0 Å². The fraction of sp³-hybridized carbons (Fsp3) is 0.333. The number of fused-ring (bicyclic) bond motifs is 1. The van der Waals surface area contributed by atoms with E-state index in [-0.39, 0.29) is 17.0 Å². The lowest BCUT2D eigenvalue weighted by Gasteiger charge is -2.20. The van der Waals surface area contributed by atoms with Gasteiger partial charge in [0.1, 0.15) is 11.5 Å². The third-order valence-corrected chi connectivity index (χ3v) is 7.03. The van der Waals surface area contributed by atoms with E-state index in [0.29, 0.717) is 39.5 Å². The number of halogens is 3. The largest absolute Gasteiger partial charge is 0.432 e. The molecule has 0 unspecified atom stereocenters. The van der Waals surface area contributed by atoms with Crippen LogP contribution in [0.25, 0.3) is 33.3 Å². The Bertz CT molecular complexity index is 1610. The van der Waals surface area contributed by atoms with Crippen molar-refractivity contribution >= 4 is 11.0 Å². The summed E-state index contributed by atoms with van der Waals surface area (Å²) in [6, 6.07) is 6.30. The Balaban J connectivity index is 1.72. The lowest BCUT2D eigenvalue weighted by Crippen LogP contribution is -2.19. The highest BCUT2D eigenvalue weighted by atomic mass is 19.4. The number of hydrogen-bond acceptors (Lipinski definition) is 5. The summed E-state index contributed by atoms with van der Waals surface area (Å²) in [5, 5.41) is 8.57. The highest BCUT2D eigenvalue weighted by Gasteiger charge is 2.43. The second-order valence-electron chi connectivity index (χ2n) is 9.69. The van der Waals surface area contributed by atoms with Crippen molar-refractivity contribution in [1.29, 1.82) is 0 Å². The molecule has 0 radical (unpaired) electrons. The molecule has 6 rings (SSSR count). The maximum Gasteiger partial charge on any atom is 0.432 e. The minimum atomic E-state index is -4.65. The average Bonchev–Trinajstić information content (AvgIpc) is 3.43. The molecule has 5 heterocycles. The molecule has 37 heavy (non-hydrogen) atoms. The SMILES string of the molecule is Cc1noc(C)c1-c1cnc2c(-c3cn(C)nc3C3CC3)c(C(F)(F)F)n([C@@H](C)c3ccccn3)c2c1. The number of aryl methyl sites for hydroxylation is 3. The van der Waals surface area contributed by atoms with Crippen molar-refractivity contribution in [3.05, 3.63) is 71.4 Å². The number of alkyl halides is 3. The van der Waals surface area contributed by atoms with E-state index in [0.717, 1.165) is 18.4 Å². The molecule has 0 spiro atoms. The normalized spacial score (nSPS) is 15.0. The van der Waals surface area contributed by atoms with Gasteiger partial charge in [-0.05, 0) is 51.8 Å². The van der Waals surface area contributed by atoms with E-state index in [4.69, 9.17) is 4.52 Å². The van der Waals surface area contributed by atoms with Gasteiger partial charge in [0.2, 0.25) is 0 Å². The van der Waals surface area contributed by atoms with Gasteiger partial charge in [-0.25, -0.2) is 0 Å². The molecule has 1 atom stereocenters. The van der Waals surface area contributed by atoms with Gasteiger partial charge in [0, 0.05) is 53.8 Å². The maximum absolute atomic E-state index is 15.0. The standard InChI is InChI=1S/C27H25F3N6O/c1-14-22(16(3)37-34-14)18-11-21-25(32-12-18)23(19-13-35(4)33-24(19)17-8-9-17)26(27(28,29)30)36(21)15(2)20-7-5-6-10-31-20/h5-7,10-13,15,17H,8-9H2,1-4H3/t15-/m0/s1. The molecule has 190 valence electrons. The highest BCUT2D eigenvalue weighted by molar-refractivity contribution is 5.98. The van der Waals surface area contributed by atoms with Crippen molar-refractivity contribution < 1.29 is 17.7 Å². The second-order valence-corrected chi connectivity index (χ2v) is 9.69. The van der Waals surface area contributed by atoms with Crippen molar-refractivity contribution in [2.24, 2.45) is 7.05 Å². The molecule has 1 aliphatic carbocycles. The van der Waals surface area contributed by atoms with Crippen LogP contribution in [-0.4, -0.2) is 29.5 Å². The van der Waals surface area contributed by atoms with Gasteiger partial charge in [0.15, 0.2) is 0 Å². The molecule has 7 nitrogen and oxygen atoms in total. The first kappa shape index (κ1) is 23.4. The Morgan fingerprint density at radius 2 is 1.89 bits per heavy atom. The van der Waals surface area contributed by atoms with Gasteiger partial charge in [0.05, 0.1) is 34.2 Å². The molecule has 0 aromatic carbocycles. The summed E-state index contributed by atoms with van der Waals surface area (Å²) in [6.45, 7) is 5.31. The van der Waals surface area contributed by atoms with Crippen molar-refractivity contribution in [2.75, 3.05) is 0 Å². The molecule has 0 aliphatic heterocycles. The van der Waals surface area contributed by atoms with Gasteiger partial charge in [-0.15, -0.1) is 0 Å². The monoisotopic (exact) mass is 506 g/mol. The first-order valence-corrected chi connectivity index (χ1v) is 12.1. The highest BCUT2D eigenvalue weighted by Crippen LogP contribution is 2.50. The van der Waals surface area contributed by atoms with Gasteiger partial charge in [-0.2, -0.15) is 18.3 Å². The van der Waals surface area contributed by atoms with Gasteiger partial charge >= 0.3 is 6.18 Å². The quantitative estimate of drug-likeness (QED) is 0.268. The predicted molar refractivity (Wildman–Crippen MR) is 132 cm³/mol. The fourth-order valence-electron chi connectivity index (χ4n) is 5.26. The molecule has 0 amide bonds.